The van der Waals surface area contributed by atoms with Crippen molar-refractivity contribution >= 4 is 11.3 Å². The number of thiazole rings is 1. The second-order valence-corrected chi connectivity index (χ2v) is 6.40. The Bertz CT molecular complexity index is 1010. The molecule has 0 radical (unpaired) electrons. The molecular formula is C19H14FN3OS. The molecule has 4 nitrogen and oxygen atoms in total. The number of rotatable bonds is 4. The Labute approximate surface area is 148 Å². The molecule has 2 heterocycles. The number of nitrogens with zero attached hydrogens (tertiary/aromatic N) is 3. The highest BCUT2D eigenvalue weighted by molar-refractivity contribution is 7.09. The zero-order valence-electron chi connectivity index (χ0n) is 13.4. The lowest BCUT2D eigenvalue weighted by Crippen LogP contribution is -1.85. The van der Waals surface area contributed by atoms with Gasteiger partial charge in [-0.15, -0.1) is 11.3 Å². The maximum Gasteiger partial charge on any atom is 0.261 e. The highest BCUT2D eigenvalue weighted by Gasteiger charge is 2.14. The van der Waals surface area contributed by atoms with Crippen LogP contribution < -0.4 is 0 Å². The normalized spacial score (nSPS) is 11.0. The minimum Gasteiger partial charge on any atom is -0.334 e. The average molecular weight is 351 g/mol. The van der Waals surface area contributed by atoms with Gasteiger partial charge in [-0.25, -0.2) is 9.37 Å². The Morgan fingerprint density at radius 3 is 2.48 bits per heavy atom. The van der Waals surface area contributed by atoms with Crippen LogP contribution in [0.5, 0.6) is 0 Å². The fraction of sp³-hybridized carbons (Fsp3) is 0.105. The molecule has 2 aromatic heterocycles. The minimum atomic E-state index is -0.386. The van der Waals surface area contributed by atoms with Crippen molar-refractivity contribution in [3.8, 4) is 34.1 Å². The van der Waals surface area contributed by atoms with Gasteiger partial charge in [0.1, 0.15) is 5.82 Å². The zero-order chi connectivity index (χ0) is 17.2. The standard InChI is InChI=1S/C19H14FN3OS/c1-2-17-21-16(11-25-17)12-7-9-13(10-8-12)18-22-19(24-23-18)14-5-3-4-6-15(14)20/h3-11H,2H2,1H3. The summed E-state index contributed by atoms with van der Waals surface area (Å²) in [6.07, 6.45) is 0.935. The topological polar surface area (TPSA) is 51.8 Å². The van der Waals surface area contributed by atoms with Gasteiger partial charge in [0, 0.05) is 16.5 Å². The van der Waals surface area contributed by atoms with Gasteiger partial charge in [0.2, 0.25) is 5.82 Å². The van der Waals surface area contributed by atoms with Crippen molar-refractivity contribution in [1.82, 2.24) is 15.1 Å². The van der Waals surface area contributed by atoms with E-state index in [1.54, 1.807) is 29.5 Å². The number of halogens is 1. The van der Waals surface area contributed by atoms with E-state index in [4.69, 9.17) is 4.52 Å². The number of hydrogen-bond acceptors (Lipinski definition) is 5. The molecule has 0 fully saturated rings. The molecule has 0 aliphatic heterocycles. The molecule has 0 unspecified atom stereocenters. The molecular weight excluding hydrogens is 337 g/mol. The third-order valence-corrected chi connectivity index (χ3v) is 4.82. The third kappa shape index (κ3) is 3.08. The van der Waals surface area contributed by atoms with Crippen LogP contribution >= 0.6 is 11.3 Å². The van der Waals surface area contributed by atoms with Gasteiger partial charge in [-0.05, 0) is 18.6 Å². The van der Waals surface area contributed by atoms with E-state index >= 15 is 0 Å². The molecule has 124 valence electrons. The fourth-order valence-electron chi connectivity index (χ4n) is 2.48. The largest absolute Gasteiger partial charge is 0.334 e. The quantitative estimate of drug-likeness (QED) is 0.505. The predicted molar refractivity (Wildman–Crippen MR) is 95.6 cm³/mol. The Morgan fingerprint density at radius 2 is 1.76 bits per heavy atom. The molecule has 0 atom stereocenters. The van der Waals surface area contributed by atoms with E-state index < -0.39 is 0 Å². The van der Waals surface area contributed by atoms with Gasteiger partial charge < -0.3 is 4.52 Å². The van der Waals surface area contributed by atoms with E-state index in [1.165, 1.54) is 6.07 Å². The van der Waals surface area contributed by atoms with E-state index in [0.29, 0.717) is 11.4 Å². The van der Waals surface area contributed by atoms with E-state index in [0.717, 1.165) is 28.2 Å². The second-order valence-electron chi connectivity index (χ2n) is 5.46. The first-order valence-corrected chi connectivity index (χ1v) is 8.76. The Balaban J connectivity index is 1.62. The second kappa shape index (κ2) is 6.57. The summed E-state index contributed by atoms with van der Waals surface area (Å²) in [6.45, 7) is 2.09. The summed E-state index contributed by atoms with van der Waals surface area (Å²) in [5.41, 5.74) is 3.11. The van der Waals surface area contributed by atoms with Crippen LogP contribution in [-0.2, 0) is 6.42 Å². The molecule has 0 saturated carbocycles. The molecule has 0 bridgehead atoms. The fourth-order valence-corrected chi connectivity index (χ4v) is 3.23. The predicted octanol–water partition coefficient (Wildman–Crippen LogP) is 5.23. The lowest BCUT2D eigenvalue weighted by molar-refractivity contribution is 0.429. The van der Waals surface area contributed by atoms with E-state index in [2.05, 4.69) is 27.4 Å². The molecule has 6 heteroatoms. The number of aromatic nitrogens is 3. The first-order valence-electron chi connectivity index (χ1n) is 7.88. The molecule has 0 N–H and O–H groups in total. The van der Waals surface area contributed by atoms with Gasteiger partial charge in [-0.3, -0.25) is 0 Å². The summed E-state index contributed by atoms with van der Waals surface area (Å²) in [5.74, 6) is 0.213. The summed E-state index contributed by atoms with van der Waals surface area (Å²) < 4.78 is 19.0. The van der Waals surface area contributed by atoms with Crippen molar-refractivity contribution in [3.05, 3.63) is 64.7 Å². The highest BCUT2D eigenvalue weighted by Crippen LogP contribution is 2.27. The van der Waals surface area contributed by atoms with E-state index in [-0.39, 0.29) is 11.7 Å². The Kier molecular flexibility index (Phi) is 4.11. The van der Waals surface area contributed by atoms with Gasteiger partial charge in [0.15, 0.2) is 0 Å². The molecule has 0 spiro atoms. The van der Waals surface area contributed by atoms with Crippen LogP contribution in [0.15, 0.2) is 58.4 Å². The molecule has 0 amide bonds. The van der Waals surface area contributed by atoms with Crippen molar-refractivity contribution < 1.29 is 8.91 Å². The van der Waals surface area contributed by atoms with Gasteiger partial charge in [-0.1, -0.05) is 48.5 Å². The summed E-state index contributed by atoms with van der Waals surface area (Å²) in [6, 6.07) is 14.1. The highest BCUT2D eigenvalue weighted by atomic mass is 32.1. The van der Waals surface area contributed by atoms with Gasteiger partial charge >= 0.3 is 0 Å². The van der Waals surface area contributed by atoms with Crippen LogP contribution in [-0.4, -0.2) is 15.1 Å². The van der Waals surface area contributed by atoms with Crippen LogP contribution in [0.25, 0.3) is 34.1 Å². The molecule has 0 aliphatic carbocycles. The Hall–Kier alpha value is -2.86. The Morgan fingerprint density at radius 1 is 1.00 bits per heavy atom. The molecule has 4 rings (SSSR count). The maximum atomic E-state index is 13.8. The summed E-state index contributed by atoms with van der Waals surface area (Å²) in [5, 5.41) is 7.13. The summed E-state index contributed by atoms with van der Waals surface area (Å²) in [7, 11) is 0. The molecule has 0 saturated heterocycles. The summed E-state index contributed by atoms with van der Waals surface area (Å²) in [4.78, 5) is 8.88. The number of benzene rings is 2. The van der Waals surface area contributed by atoms with Gasteiger partial charge in [0.05, 0.1) is 16.3 Å². The van der Waals surface area contributed by atoms with Crippen molar-refractivity contribution in [2.45, 2.75) is 13.3 Å². The summed E-state index contributed by atoms with van der Waals surface area (Å²) >= 11 is 1.66. The van der Waals surface area contributed by atoms with Crippen molar-refractivity contribution in [3.63, 3.8) is 0 Å². The van der Waals surface area contributed by atoms with Crippen molar-refractivity contribution in [1.29, 1.82) is 0 Å². The number of aryl methyl sites for hydroxylation is 1. The van der Waals surface area contributed by atoms with E-state index in [9.17, 15) is 4.39 Å². The van der Waals surface area contributed by atoms with Crippen LogP contribution in [0.4, 0.5) is 4.39 Å². The lowest BCUT2D eigenvalue weighted by atomic mass is 10.1. The zero-order valence-corrected chi connectivity index (χ0v) is 14.3. The monoisotopic (exact) mass is 351 g/mol. The van der Waals surface area contributed by atoms with Crippen LogP contribution in [0.1, 0.15) is 11.9 Å². The minimum absolute atomic E-state index is 0.171. The smallest absolute Gasteiger partial charge is 0.261 e. The molecule has 0 aliphatic rings. The van der Waals surface area contributed by atoms with Crippen LogP contribution in [0.2, 0.25) is 0 Å². The van der Waals surface area contributed by atoms with Crippen LogP contribution in [0, 0.1) is 5.82 Å². The van der Waals surface area contributed by atoms with Gasteiger partial charge in [0.25, 0.3) is 5.89 Å². The van der Waals surface area contributed by atoms with Crippen LogP contribution in [0.3, 0.4) is 0 Å². The SMILES string of the molecule is CCc1nc(-c2ccc(-c3noc(-c4ccccc4F)n3)cc2)cs1. The molecule has 2 aromatic carbocycles. The van der Waals surface area contributed by atoms with Crippen molar-refractivity contribution in [2.24, 2.45) is 0 Å². The first-order chi connectivity index (χ1) is 12.2. The molecule has 25 heavy (non-hydrogen) atoms. The average Bonchev–Trinajstić information content (AvgIpc) is 3.32. The maximum absolute atomic E-state index is 13.8. The number of hydrogen-bond donors (Lipinski definition) is 0. The van der Waals surface area contributed by atoms with Crippen molar-refractivity contribution in [2.75, 3.05) is 0 Å². The first kappa shape index (κ1) is 15.7. The third-order valence-electron chi connectivity index (χ3n) is 3.82. The van der Waals surface area contributed by atoms with E-state index in [1.807, 2.05) is 24.3 Å². The lowest BCUT2D eigenvalue weighted by Gasteiger charge is -1.98. The molecule has 4 aromatic rings. The van der Waals surface area contributed by atoms with Gasteiger partial charge in [-0.2, -0.15) is 4.98 Å².